The van der Waals surface area contributed by atoms with Crippen LogP contribution in [0.5, 0.6) is 5.75 Å². The van der Waals surface area contributed by atoms with Crippen molar-refractivity contribution in [1.82, 2.24) is 10.2 Å². The van der Waals surface area contributed by atoms with Gasteiger partial charge >= 0.3 is 18.0 Å². The predicted octanol–water partition coefficient (Wildman–Crippen LogP) is 3.51. The van der Waals surface area contributed by atoms with Gasteiger partial charge in [0.25, 0.3) is 0 Å². The van der Waals surface area contributed by atoms with Crippen molar-refractivity contribution < 1.29 is 31.9 Å². The lowest BCUT2D eigenvalue weighted by molar-refractivity contribution is -0.147. The quantitative estimate of drug-likeness (QED) is 0.537. The van der Waals surface area contributed by atoms with E-state index < -0.39 is 34.8 Å². The van der Waals surface area contributed by atoms with Crippen LogP contribution in [0.4, 0.5) is 17.6 Å². The van der Waals surface area contributed by atoms with Crippen LogP contribution in [0.1, 0.15) is 41.1 Å². The van der Waals surface area contributed by atoms with Crippen LogP contribution in [0.15, 0.2) is 36.4 Å². The molecular formula is C23H20F4N2O3. The van der Waals surface area contributed by atoms with E-state index in [-0.39, 0.29) is 18.4 Å². The van der Waals surface area contributed by atoms with Gasteiger partial charge in [-0.15, -0.1) is 0 Å². The van der Waals surface area contributed by atoms with Crippen LogP contribution in [0, 0.1) is 5.82 Å². The van der Waals surface area contributed by atoms with Crippen molar-refractivity contribution in [3.05, 3.63) is 64.5 Å². The molecule has 168 valence electrons. The van der Waals surface area contributed by atoms with Crippen molar-refractivity contribution in [2.24, 2.45) is 0 Å². The van der Waals surface area contributed by atoms with Crippen LogP contribution in [0.2, 0.25) is 0 Å². The number of amides is 2. The number of piperidine rings is 1. The highest BCUT2D eigenvalue weighted by Crippen LogP contribution is 2.47. The summed E-state index contributed by atoms with van der Waals surface area (Å²) in [6, 6.07) is 7.54. The number of alkyl halides is 3. The first-order valence-corrected chi connectivity index (χ1v) is 10.4. The Morgan fingerprint density at radius 1 is 1.09 bits per heavy atom. The Morgan fingerprint density at radius 3 is 2.56 bits per heavy atom. The average molecular weight is 448 g/mol. The number of fused-ring (bicyclic) bond motifs is 3. The summed E-state index contributed by atoms with van der Waals surface area (Å²) in [5.74, 6) is -1.56. The van der Waals surface area contributed by atoms with E-state index in [1.807, 2.05) is 0 Å². The summed E-state index contributed by atoms with van der Waals surface area (Å²) in [7, 11) is 0. The van der Waals surface area contributed by atoms with Crippen molar-refractivity contribution in [1.29, 1.82) is 0 Å². The van der Waals surface area contributed by atoms with Crippen LogP contribution in [0.25, 0.3) is 0 Å². The largest absolute Gasteiger partial charge is 0.492 e. The fraction of sp³-hybridized carbons (Fsp3) is 0.391. The molecule has 2 aliphatic heterocycles. The lowest BCUT2D eigenvalue weighted by Gasteiger charge is -2.38. The van der Waals surface area contributed by atoms with E-state index in [1.165, 1.54) is 23.1 Å². The summed E-state index contributed by atoms with van der Waals surface area (Å²) in [5, 5.41) is 2.67. The van der Waals surface area contributed by atoms with Gasteiger partial charge in [0.15, 0.2) is 0 Å². The van der Waals surface area contributed by atoms with Gasteiger partial charge in [0.05, 0.1) is 18.2 Å². The summed E-state index contributed by atoms with van der Waals surface area (Å²) < 4.78 is 57.9. The first-order chi connectivity index (χ1) is 15.2. The van der Waals surface area contributed by atoms with E-state index in [2.05, 4.69) is 5.32 Å². The number of nitrogens with zero attached hydrogens (tertiary/aromatic N) is 1. The molecule has 0 radical (unpaired) electrons. The SMILES string of the molecule is O=C(NC1Cc2ccc(F)cc21)C(=O)N1CCC2(CC1)COc1cc(C(F)(F)F)ccc12. The predicted molar refractivity (Wildman–Crippen MR) is 105 cm³/mol. The minimum atomic E-state index is -4.44. The second-order valence-electron chi connectivity index (χ2n) is 8.64. The first-order valence-electron chi connectivity index (χ1n) is 10.4. The Labute approximate surface area is 181 Å². The molecule has 1 saturated heterocycles. The Bertz CT molecular complexity index is 1110. The van der Waals surface area contributed by atoms with Crippen LogP contribution in [-0.4, -0.2) is 36.4 Å². The normalized spacial score (nSPS) is 20.8. The monoisotopic (exact) mass is 448 g/mol. The van der Waals surface area contributed by atoms with Gasteiger partial charge in [-0.2, -0.15) is 13.2 Å². The molecule has 9 heteroatoms. The van der Waals surface area contributed by atoms with E-state index >= 15 is 0 Å². The Balaban J connectivity index is 1.22. The van der Waals surface area contributed by atoms with E-state index in [1.54, 1.807) is 6.07 Å². The molecule has 1 spiro atoms. The molecule has 1 atom stereocenters. The highest BCUT2D eigenvalue weighted by Gasteiger charge is 2.45. The molecule has 1 fully saturated rings. The number of carbonyl (C=O) groups excluding carboxylic acids is 2. The lowest BCUT2D eigenvalue weighted by Crippen LogP contribution is -2.51. The van der Waals surface area contributed by atoms with Crippen LogP contribution in [-0.2, 0) is 27.6 Å². The number of benzene rings is 2. The molecular weight excluding hydrogens is 428 g/mol. The maximum absolute atomic E-state index is 13.4. The van der Waals surface area contributed by atoms with E-state index in [4.69, 9.17) is 4.74 Å². The molecule has 1 unspecified atom stereocenters. The summed E-state index contributed by atoms with van der Waals surface area (Å²) in [4.78, 5) is 26.5. The molecule has 0 saturated carbocycles. The molecule has 1 aliphatic carbocycles. The Hall–Kier alpha value is -3.10. The van der Waals surface area contributed by atoms with E-state index in [0.29, 0.717) is 37.9 Å². The maximum Gasteiger partial charge on any atom is 0.416 e. The number of carbonyl (C=O) groups is 2. The summed E-state index contributed by atoms with van der Waals surface area (Å²) >= 11 is 0. The third kappa shape index (κ3) is 3.40. The molecule has 3 aliphatic rings. The summed E-state index contributed by atoms with van der Waals surface area (Å²) in [5.41, 5.74) is 1.13. The van der Waals surface area contributed by atoms with E-state index in [0.717, 1.165) is 23.3 Å². The zero-order valence-electron chi connectivity index (χ0n) is 17.0. The Kier molecular flexibility index (Phi) is 4.69. The molecule has 5 nitrogen and oxygen atoms in total. The van der Waals surface area contributed by atoms with Crippen LogP contribution < -0.4 is 10.1 Å². The van der Waals surface area contributed by atoms with E-state index in [9.17, 15) is 27.2 Å². The van der Waals surface area contributed by atoms with Crippen LogP contribution in [0.3, 0.4) is 0 Å². The average Bonchev–Trinajstić information content (AvgIpc) is 3.10. The molecule has 5 rings (SSSR count). The second kappa shape index (κ2) is 7.21. The standard InChI is InChI=1S/C23H20F4N2O3/c24-15-3-1-13-9-18(16(13)11-15)28-20(30)21(31)29-7-5-22(6-8-29)12-32-19-10-14(23(25,26)27)2-4-17(19)22/h1-4,10-11,18H,5-9,12H2,(H,28,30). The molecule has 2 aromatic carbocycles. The minimum Gasteiger partial charge on any atom is -0.492 e. The van der Waals surface area contributed by atoms with Crippen molar-refractivity contribution in [3.63, 3.8) is 0 Å². The number of ether oxygens (including phenoxy) is 1. The second-order valence-corrected chi connectivity index (χ2v) is 8.64. The van der Waals surface area contributed by atoms with Gasteiger partial charge in [0.2, 0.25) is 0 Å². The number of hydrogen-bond acceptors (Lipinski definition) is 3. The fourth-order valence-electron chi connectivity index (χ4n) is 4.87. The lowest BCUT2D eigenvalue weighted by atomic mass is 9.74. The first kappa shape index (κ1) is 20.8. The third-order valence-corrected chi connectivity index (χ3v) is 6.80. The van der Waals surface area contributed by atoms with Crippen molar-refractivity contribution in [3.8, 4) is 5.75 Å². The topological polar surface area (TPSA) is 58.6 Å². The van der Waals surface area contributed by atoms with Crippen LogP contribution >= 0.6 is 0 Å². The van der Waals surface area contributed by atoms with Crippen molar-refractivity contribution in [2.45, 2.75) is 36.9 Å². The number of nitrogens with one attached hydrogen (secondary N) is 1. The number of rotatable bonds is 1. The zero-order chi connectivity index (χ0) is 22.7. The number of halogens is 4. The highest BCUT2D eigenvalue weighted by molar-refractivity contribution is 6.35. The van der Waals surface area contributed by atoms with Gasteiger partial charge < -0.3 is 15.0 Å². The van der Waals surface area contributed by atoms with Gasteiger partial charge in [-0.1, -0.05) is 12.1 Å². The van der Waals surface area contributed by atoms with Gasteiger partial charge in [-0.05, 0) is 54.7 Å². The fourth-order valence-corrected chi connectivity index (χ4v) is 4.87. The zero-order valence-corrected chi connectivity index (χ0v) is 17.0. The minimum absolute atomic E-state index is 0.230. The third-order valence-electron chi connectivity index (χ3n) is 6.80. The molecule has 2 aromatic rings. The van der Waals surface area contributed by atoms with Crippen molar-refractivity contribution >= 4 is 11.8 Å². The molecule has 2 heterocycles. The van der Waals surface area contributed by atoms with Gasteiger partial charge in [-0.3, -0.25) is 9.59 Å². The van der Waals surface area contributed by atoms with Gasteiger partial charge in [-0.25, -0.2) is 4.39 Å². The van der Waals surface area contributed by atoms with Gasteiger partial charge in [0, 0.05) is 24.1 Å². The molecule has 32 heavy (non-hydrogen) atoms. The summed E-state index contributed by atoms with van der Waals surface area (Å²) in [6.45, 7) is 0.847. The maximum atomic E-state index is 13.4. The number of hydrogen-bond donors (Lipinski definition) is 1. The van der Waals surface area contributed by atoms with Crippen molar-refractivity contribution in [2.75, 3.05) is 19.7 Å². The molecule has 0 aromatic heterocycles. The Morgan fingerprint density at radius 2 is 1.84 bits per heavy atom. The summed E-state index contributed by atoms with van der Waals surface area (Å²) in [6.07, 6.45) is -2.92. The molecule has 2 amide bonds. The van der Waals surface area contributed by atoms with Gasteiger partial charge in [0.1, 0.15) is 11.6 Å². The smallest absolute Gasteiger partial charge is 0.416 e. The highest BCUT2D eigenvalue weighted by atomic mass is 19.4. The number of likely N-dealkylation sites (tertiary alicyclic amines) is 1. The molecule has 0 bridgehead atoms. The molecule has 1 N–H and O–H groups in total.